The third kappa shape index (κ3) is 3.56. The van der Waals surface area contributed by atoms with E-state index in [1.807, 2.05) is 0 Å². The Kier molecular flexibility index (Phi) is 5.54. The zero-order chi connectivity index (χ0) is 14.5. The van der Waals surface area contributed by atoms with Crippen LogP contribution in [-0.2, 0) is 23.1 Å². The Balaban J connectivity index is 3.31. The molecule has 0 spiro atoms. The number of benzene rings is 1. The molecule has 0 saturated heterocycles. The molecule has 0 aromatic heterocycles. The van der Waals surface area contributed by atoms with Crippen molar-refractivity contribution >= 4 is 13.6 Å². The van der Waals surface area contributed by atoms with Crippen LogP contribution in [0, 0.1) is 0 Å². The smallest absolute Gasteiger partial charge is 0.375 e. The lowest BCUT2D eigenvalue weighted by Gasteiger charge is -2.25. The first-order valence-corrected chi connectivity index (χ1v) is 7.11. The van der Waals surface area contributed by atoms with E-state index in [1.165, 1.54) is 28.3 Å². The Morgan fingerprint density at radius 3 is 2.21 bits per heavy atom. The van der Waals surface area contributed by atoms with Gasteiger partial charge in [-0.25, -0.2) is 0 Å². The van der Waals surface area contributed by atoms with Crippen LogP contribution in [0.15, 0.2) is 24.3 Å². The summed E-state index contributed by atoms with van der Waals surface area (Å²) in [6, 6.07) is 6.76. The molecule has 0 heterocycles. The van der Waals surface area contributed by atoms with Gasteiger partial charge >= 0.3 is 13.6 Å². The molecule has 0 unspecified atom stereocenters. The first-order valence-electron chi connectivity index (χ1n) is 5.49. The van der Waals surface area contributed by atoms with E-state index in [0.717, 1.165) is 0 Å². The molecule has 0 aliphatic heterocycles. The van der Waals surface area contributed by atoms with Gasteiger partial charge in [-0.2, -0.15) is 0 Å². The van der Waals surface area contributed by atoms with Crippen molar-refractivity contribution in [3.8, 4) is 5.75 Å². The summed E-state index contributed by atoms with van der Waals surface area (Å²) in [5, 5.41) is 0. The minimum Gasteiger partial charge on any atom is -0.496 e. The van der Waals surface area contributed by atoms with Gasteiger partial charge in [0.15, 0.2) is 0 Å². The lowest BCUT2D eigenvalue weighted by atomic mass is 10.2. The predicted molar refractivity (Wildman–Crippen MR) is 69.1 cm³/mol. The first-order chi connectivity index (χ1) is 8.98. The van der Waals surface area contributed by atoms with Crippen LogP contribution in [0.1, 0.15) is 18.3 Å². The normalized spacial score (nSPS) is 12.8. The Morgan fingerprint density at radius 2 is 1.74 bits per heavy atom. The van der Waals surface area contributed by atoms with Crippen LogP contribution in [0.5, 0.6) is 5.75 Å². The molecular formula is C12H17O6P. The number of rotatable bonds is 6. The van der Waals surface area contributed by atoms with Crippen LogP contribution in [0.3, 0.4) is 0 Å². The van der Waals surface area contributed by atoms with E-state index in [0.29, 0.717) is 11.3 Å². The molecule has 0 bridgehead atoms. The van der Waals surface area contributed by atoms with Crippen molar-refractivity contribution in [3.05, 3.63) is 29.8 Å². The molecule has 0 fully saturated rings. The molecule has 0 saturated carbocycles. The maximum Gasteiger partial charge on any atom is 0.375 e. The van der Waals surface area contributed by atoms with Crippen molar-refractivity contribution in [1.82, 2.24) is 0 Å². The minimum absolute atomic E-state index is 0.423. The van der Waals surface area contributed by atoms with Gasteiger partial charge in [0, 0.05) is 26.7 Å². The quantitative estimate of drug-likeness (QED) is 0.592. The molecule has 0 aliphatic carbocycles. The van der Waals surface area contributed by atoms with Gasteiger partial charge in [0.2, 0.25) is 5.85 Å². The summed E-state index contributed by atoms with van der Waals surface area (Å²) < 4.78 is 32.5. The predicted octanol–water partition coefficient (Wildman–Crippen LogP) is 2.74. The molecule has 1 atom stereocenters. The van der Waals surface area contributed by atoms with Gasteiger partial charge in [-0.15, -0.1) is 0 Å². The van der Waals surface area contributed by atoms with Crippen LogP contribution in [0.25, 0.3) is 0 Å². The molecule has 1 aromatic rings. The molecule has 0 amide bonds. The van der Waals surface area contributed by atoms with Crippen LogP contribution in [0.4, 0.5) is 0 Å². The molecule has 0 aliphatic rings. The van der Waals surface area contributed by atoms with E-state index in [-0.39, 0.29) is 0 Å². The van der Waals surface area contributed by atoms with Crippen LogP contribution in [-0.4, -0.2) is 27.3 Å². The van der Waals surface area contributed by atoms with E-state index in [9.17, 15) is 9.36 Å². The zero-order valence-corrected chi connectivity index (χ0v) is 12.2. The number of carbonyl (C=O) groups is 1. The van der Waals surface area contributed by atoms with Gasteiger partial charge in [-0.05, 0) is 6.07 Å². The molecule has 1 aromatic carbocycles. The second kappa shape index (κ2) is 6.70. The monoisotopic (exact) mass is 288 g/mol. The maximum atomic E-state index is 12.5. The van der Waals surface area contributed by atoms with Crippen molar-refractivity contribution in [2.75, 3.05) is 21.3 Å². The third-order valence-electron chi connectivity index (χ3n) is 2.48. The number of ether oxygens (including phenoxy) is 2. The zero-order valence-electron chi connectivity index (χ0n) is 11.3. The van der Waals surface area contributed by atoms with Crippen LogP contribution >= 0.6 is 7.60 Å². The molecule has 1 rings (SSSR count). The van der Waals surface area contributed by atoms with E-state index in [1.54, 1.807) is 24.3 Å². The largest absolute Gasteiger partial charge is 0.496 e. The highest BCUT2D eigenvalue weighted by Gasteiger charge is 2.40. The number of para-hydroxylation sites is 1. The fourth-order valence-corrected chi connectivity index (χ4v) is 2.96. The number of hydrogen-bond donors (Lipinski definition) is 0. The Hall–Kier alpha value is -1.36. The van der Waals surface area contributed by atoms with E-state index in [2.05, 4.69) is 0 Å². The summed E-state index contributed by atoms with van der Waals surface area (Å²) in [7, 11) is 0.301. The third-order valence-corrected chi connectivity index (χ3v) is 4.45. The highest BCUT2D eigenvalue weighted by Crippen LogP contribution is 2.61. The lowest BCUT2D eigenvalue weighted by molar-refractivity contribution is -0.144. The second-order valence-electron chi connectivity index (χ2n) is 3.61. The number of esters is 1. The molecule has 0 N–H and O–H groups in total. The summed E-state index contributed by atoms with van der Waals surface area (Å²) in [5.41, 5.74) is 0.423. The topological polar surface area (TPSA) is 71.1 Å². The van der Waals surface area contributed by atoms with Crippen molar-refractivity contribution < 1.29 is 27.9 Å². The summed E-state index contributed by atoms with van der Waals surface area (Å²) in [4.78, 5) is 11.2. The SMILES string of the molecule is COc1ccccc1[C@@H](OC(C)=O)P(=O)(OC)OC. The van der Waals surface area contributed by atoms with E-state index < -0.39 is 19.4 Å². The molecule has 106 valence electrons. The van der Waals surface area contributed by atoms with E-state index >= 15 is 0 Å². The fourth-order valence-electron chi connectivity index (χ4n) is 1.59. The summed E-state index contributed by atoms with van der Waals surface area (Å²) in [6.07, 6.45) is 0. The highest BCUT2D eigenvalue weighted by atomic mass is 31.2. The minimum atomic E-state index is -3.63. The molecule has 7 heteroatoms. The maximum absolute atomic E-state index is 12.5. The van der Waals surface area contributed by atoms with Crippen molar-refractivity contribution in [3.63, 3.8) is 0 Å². The molecule has 0 radical (unpaired) electrons. The van der Waals surface area contributed by atoms with Gasteiger partial charge in [0.05, 0.1) is 7.11 Å². The van der Waals surface area contributed by atoms with Crippen molar-refractivity contribution in [1.29, 1.82) is 0 Å². The Morgan fingerprint density at radius 1 is 1.16 bits per heavy atom. The average molecular weight is 288 g/mol. The average Bonchev–Trinajstić information content (AvgIpc) is 2.43. The number of methoxy groups -OCH3 is 1. The summed E-state index contributed by atoms with van der Waals surface area (Å²) in [5.74, 6) is -1.33. The fraction of sp³-hybridized carbons (Fsp3) is 0.417. The number of carbonyl (C=O) groups excluding carboxylic acids is 1. The van der Waals surface area contributed by atoms with Gasteiger partial charge in [0.25, 0.3) is 0 Å². The highest BCUT2D eigenvalue weighted by molar-refractivity contribution is 7.54. The van der Waals surface area contributed by atoms with Gasteiger partial charge < -0.3 is 18.5 Å². The van der Waals surface area contributed by atoms with E-state index in [4.69, 9.17) is 18.5 Å². The molecular weight excluding hydrogens is 271 g/mol. The Labute approximate surface area is 112 Å². The van der Waals surface area contributed by atoms with Gasteiger partial charge in [0.1, 0.15) is 5.75 Å². The summed E-state index contributed by atoms with van der Waals surface area (Å²) >= 11 is 0. The molecule has 19 heavy (non-hydrogen) atoms. The summed E-state index contributed by atoms with van der Waals surface area (Å²) in [6.45, 7) is 1.22. The first kappa shape index (κ1) is 15.7. The van der Waals surface area contributed by atoms with Gasteiger partial charge in [-0.1, -0.05) is 18.2 Å². The van der Waals surface area contributed by atoms with Crippen molar-refractivity contribution in [2.45, 2.75) is 12.8 Å². The van der Waals surface area contributed by atoms with Crippen LogP contribution < -0.4 is 4.74 Å². The Bertz CT molecular complexity index is 479. The molecule has 6 nitrogen and oxygen atoms in total. The number of hydrogen-bond acceptors (Lipinski definition) is 6. The second-order valence-corrected chi connectivity index (χ2v) is 5.89. The van der Waals surface area contributed by atoms with Crippen LogP contribution in [0.2, 0.25) is 0 Å². The standard InChI is InChI=1S/C12H17O6P/c1-9(13)18-12(19(14,16-3)17-4)10-7-5-6-8-11(10)15-2/h5-8,12H,1-4H3/t12-/m0/s1. The lowest BCUT2D eigenvalue weighted by Crippen LogP contribution is -2.12. The van der Waals surface area contributed by atoms with Gasteiger partial charge in [-0.3, -0.25) is 9.36 Å². The van der Waals surface area contributed by atoms with Crippen molar-refractivity contribution in [2.24, 2.45) is 0 Å².